The molecule has 0 spiro atoms. The van der Waals surface area contributed by atoms with Crippen molar-refractivity contribution in [2.45, 2.75) is 13.8 Å². The third-order valence-corrected chi connectivity index (χ3v) is 4.42. The molecule has 22 heavy (non-hydrogen) atoms. The number of benzene rings is 1. The Morgan fingerprint density at radius 3 is 2.50 bits per heavy atom. The highest BCUT2D eigenvalue weighted by Crippen LogP contribution is 2.50. The van der Waals surface area contributed by atoms with Crippen molar-refractivity contribution < 1.29 is 27.7 Å². The molecular formula is C14H18ClO6P. The van der Waals surface area contributed by atoms with Gasteiger partial charge in [-0.3, -0.25) is 9.05 Å². The van der Waals surface area contributed by atoms with E-state index in [0.717, 1.165) is 0 Å². The van der Waals surface area contributed by atoms with Crippen molar-refractivity contribution in [2.24, 2.45) is 0 Å². The van der Waals surface area contributed by atoms with Crippen molar-refractivity contribution in [3.63, 3.8) is 0 Å². The maximum atomic E-state index is 12.2. The quantitative estimate of drug-likeness (QED) is 0.421. The van der Waals surface area contributed by atoms with Gasteiger partial charge < -0.3 is 9.26 Å². The van der Waals surface area contributed by atoms with Crippen LogP contribution in [0.25, 0.3) is 6.08 Å². The standard InChI is InChI=1S/C14H18ClO6P/c1-5-20-13(16)9-7-11-6-8-12(15)10(2)14(11)21-22(17,18-3)19-4/h6-9H,5H2,1-4H3/b9-7+. The van der Waals surface area contributed by atoms with Gasteiger partial charge in [0, 0.05) is 36.4 Å². The van der Waals surface area contributed by atoms with Crippen LogP contribution in [0, 0.1) is 6.92 Å². The molecule has 0 aliphatic rings. The third kappa shape index (κ3) is 4.85. The van der Waals surface area contributed by atoms with Crippen LogP contribution in [-0.2, 0) is 23.1 Å². The van der Waals surface area contributed by atoms with E-state index in [4.69, 9.17) is 29.9 Å². The normalized spacial score (nSPS) is 11.7. The number of phosphoric ester groups is 1. The van der Waals surface area contributed by atoms with Crippen LogP contribution in [0.4, 0.5) is 0 Å². The number of carbonyl (C=O) groups is 1. The molecule has 6 nitrogen and oxygen atoms in total. The van der Waals surface area contributed by atoms with E-state index in [2.05, 4.69) is 0 Å². The van der Waals surface area contributed by atoms with Gasteiger partial charge in [0.2, 0.25) is 0 Å². The van der Waals surface area contributed by atoms with Gasteiger partial charge in [0.15, 0.2) is 0 Å². The van der Waals surface area contributed by atoms with Gasteiger partial charge in [-0.25, -0.2) is 9.36 Å². The Morgan fingerprint density at radius 1 is 1.32 bits per heavy atom. The molecule has 0 N–H and O–H groups in total. The van der Waals surface area contributed by atoms with Crippen molar-refractivity contribution in [3.05, 3.63) is 34.4 Å². The summed E-state index contributed by atoms with van der Waals surface area (Å²) < 4.78 is 31.8. The molecule has 0 unspecified atom stereocenters. The number of halogens is 1. The van der Waals surface area contributed by atoms with E-state index in [1.807, 2.05) is 0 Å². The van der Waals surface area contributed by atoms with Gasteiger partial charge in [0.25, 0.3) is 0 Å². The Labute approximate surface area is 134 Å². The molecule has 1 aromatic rings. The maximum absolute atomic E-state index is 12.2. The lowest BCUT2D eigenvalue weighted by molar-refractivity contribution is -0.137. The molecule has 0 saturated heterocycles. The van der Waals surface area contributed by atoms with Crippen molar-refractivity contribution in [2.75, 3.05) is 20.8 Å². The number of hydrogen-bond donors (Lipinski definition) is 0. The van der Waals surface area contributed by atoms with Gasteiger partial charge in [-0.15, -0.1) is 0 Å². The maximum Gasteiger partial charge on any atom is 0.529 e. The van der Waals surface area contributed by atoms with Gasteiger partial charge in [-0.2, -0.15) is 0 Å². The van der Waals surface area contributed by atoms with Crippen LogP contribution in [-0.4, -0.2) is 26.8 Å². The first-order chi connectivity index (χ1) is 10.4. The first-order valence-corrected chi connectivity index (χ1v) is 8.25. The van der Waals surface area contributed by atoms with E-state index in [9.17, 15) is 9.36 Å². The zero-order valence-electron chi connectivity index (χ0n) is 12.8. The summed E-state index contributed by atoms with van der Waals surface area (Å²) in [6, 6.07) is 3.26. The van der Waals surface area contributed by atoms with Crippen molar-refractivity contribution >= 4 is 31.5 Å². The van der Waals surface area contributed by atoms with E-state index in [0.29, 0.717) is 16.1 Å². The highest BCUT2D eigenvalue weighted by atomic mass is 35.5. The van der Waals surface area contributed by atoms with Crippen molar-refractivity contribution in [1.29, 1.82) is 0 Å². The fourth-order valence-electron chi connectivity index (χ4n) is 1.55. The minimum Gasteiger partial charge on any atom is -0.463 e. The second-order valence-corrected chi connectivity index (χ2v) is 6.29. The summed E-state index contributed by atoms with van der Waals surface area (Å²) in [6.45, 7) is 3.67. The molecule has 0 aromatic heterocycles. The summed E-state index contributed by atoms with van der Waals surface area (Å²) in [7, 11) is -1.33. The molecule has 1 aromatic carbocycles. The molecule has 0 amide bonds. The average Bonchev–Trinajstić information content (AvgIpc) is 2.51. The van der Waals surface area contributed by atoms with E-state index < -0.39 is 13.8 Å². The molecule has 0 atom stereocenters. The van der Waals surface area contributed by atoms with Crippen LogP contribution in [0.2, 0.25) is 5.02 Å². The Morgan fingerprint density at radius 2 is 1.95 bits per heavy atom. The first kappa shape index (κ1) is 18.7. The SMILES string of the molecule is CCOC(=O)/C=C/c1ccc(Cl)c(C)c1OP(=O)(OC)OC. The van der Waals surface area contributed by atoms with Gasteiger partial charge in [0.1, 0.15) is 5.75 Å². The van der Waals surface area contributed by atoms with Crippen molar-refractivity contribution in [3.8, 4) is 5.75 Å². The summed E-state index contributed by atoms with van der Waals surface area (Å²) in [5, 5.41) is 0.419. The number of ether oxygens (including phenoxy) is 1. The highest BCUT2D eigenvalue weighted by molar-refractivity contribution is 7.48. The number of carbonyl (C=O) groups excluding carboxylic acids is 1. The van der Waals surface area contributed by atoms with Crippen LogP contribution >= 0.6 is 19.4 Å². The minimum absolute atomic E-state index is 0.208. The number of rotatable bonds is 7. The number of hydrogen-bond acceptors (Lipinski definition) is 6. The summed E-state index contributed by atoms with van der Waals surface area (Å²) in [6.07, 6.45) is 2.72. The highest BCUT2D eigenvalue weighted by Gasteiger charge is 2.27. The summed E-state index contributed by atoms with van der Waals surface area (Å²) >= 11 is 6.05. The monoisotopic (exact) mass is 348 g/mol. The minimum atomic E-state index is -3.75. The third-order valence-electron chi connectivity index (χ3n) is 2.71. The predicted molar refractivity (Wildman–Crippen MR) is 84.1 cm³/mol. The van der Waals surface area contributed by atoms with Crippen LogP contribution in [0.5, 0.6) is 5.75 Å². The van der Waals surface area contributed by atoms with Gasteiger partial charge in [-0.1, -0.05) is 11.6 Å². The van der Waals surface area contributed by atoms with Crippen molar-refractivity contribution in [1.82, 2.24) is 0 Å². The molecule has 0 radical (unpaired) electrons. The average molecular weight is 349 g/mol. The second kappa shape index (κ2) is 8.34. The van der Waals surface area contributed by atoms with Crippen LogP contribution in [0.15, 0.2) is 18.2 Å². The fraction of sp³-hybridized carbons (Fsp3) is 0.357. The number of phosphoric acid groups is 1. The van der Waals surface area contributed by atoms with Crippen LogP contribution < -0.4 is 4.52 Å². The Hall–Kier alpha value is -1.33. The zero-order chi connectivity index (χ0) is 16.8. The molecule has 0 bridgehead atoms. The predicted octanol–water partition coefficient (Wildman–Crippen LogP) is 4.00. The van der Waals surface area contributed by atoms with Gasteiger partial charge >= 0.3 is 13.8 Å². The molecule has 122 valence electrons. The molecule has 0 aliphatic heterocycles. The Kier molecular flexibility index (Phi) is 7.10. The molecule has 0 heterocycles. The molecule has 1 rings (SSSR count). The number of esters is 1. The zero-order valence-corrected chi connectivity index (χ0v) is 14.4. The first-order valence-electron chi connectivity index (χ1n) is 6.42. The Balaban J connectivity index is 3.21. The van der Waals surface area contributed by atoms with E-state index in [1.54, 1.807) is 26.0 Å². The lowest BCUT2D eigenvalue weighted by Gasteiger charge is -2.18. The lowest BCUT2D eigenvalue weighted by atomic mass is 10.1. The molecule has 0 saturated carbocycles. The van der Waals surface area contributed by atoms with E-state index >= 15 is 0 Å². The lowest BCUT2D eigenvalue weighted by Crippen LogP contribution is -2.01. The molecular weight excluding hydrogens is 331 g/mol. The second-order valence-electron chi connectivity index (χ2n) is 4.08. The summed E-state index contributed by atoms with van der Waals surface area (Å²) in [5.74, 6) is -0.289. The van der Waals surface area contributed by atoms with Crippen LogP contribution in [0.3, 0.4) is 0 Å². The molecule has 0 fully saturated rings. The molecule has 0 aliphatic carbocycles. The fourth-order valence-corrected chi connectivity index (χ4v) is 2.46. The molecule has 8 heteroatoms. The summed E-state index contributed by atoms with van der Waals surface area (Å²) in [5.41, 5.74) is 1.03. The van der Waals surface area contributed by atoms with Gasteiger partial charge in [0.05, 0.1) is 6.61 Å². The van der Waals surface area contributed by atoms with E-state index in [1.165, 1.54) is 26.4 Å². The Bertz CT molecular complexity index is 606. The van der Waals surface area contributed by atoms with Gasteiger partial charge in [-0.05, 0) is 32.1 Å². The van der Waals surface area contributed by atoms with E-state index in [-0.39, 0.29) is 12.4 Å². The summed E-state index contributed by atoms with van der Waals surface area (Å²) in [4.78, 5) is 11.4. The smallest absolute Gasteiger partial charge is 0.463 e. The largest absolute Gasteiger partial charge is 0.529 e. The topological polar surface area (TPSA) is 71.1 Å². The van der Waals surface area contributed by atoms with Crippen LogP contribution in [0.1, 0.15) is 18.1 Å².